The molecule has 8 heteroatoms. The monoisotopic (exact) mass is 432 g/mol. The highest BCUT2D eigenvalue weighted by atomic mass is 32.2. The lowest BCUT2D eigenvalue weighted by molar-refractivity contribution is 0.204. The van der Waals surface area contributed by atoms with Crippen molar-refractivity contribution in [3.8, 4) is 0 Å². The lowest BCUT2D eigenvalue weighted by Crippen LogP contribution is -2.05. The second-order valence-electron chi connectivity index (χ2n) is 6.83. The quantitative estimate of drug-likeness (QED) is 0.199. The SMILES string of the molecule is CCCCCCCOP(=O)([N-]S(=O)(=O)c1ccccc1)OCCCCCCC. The highest BCUT2D eigenvalue weighted by molar-refractivity contribution is 8.01. The van der Waals surface area contributed by atoms with E-state index in [-0.39, 0.29) is 18.1 Å². The van der Waals surface area contributed by atoms with E-state index in [0.717, 1.165) is 51.4 Å². The van der Waals surface area contributed by atoms with Crippen LogP contribution in [0.3, 0.4) is 0 Å². The molecule has 1 aromatic rings. The fraction of sp³-hybridized carbons (Fsp3) is 0.700. The summed E-state index contributed by atoms with van der Waals surface area (Å²) in [5.41, 5.74) is 0. The largest absolute Gasteiger partial charge is 0.438 e. The van der Waals surface area contributed by atoms with Crippen molar-refractivity contribution in [1.29, 1.82) is 0 Å². The van der Waals surface area contributed by atoms with Gasteiger partial charge in [0.25, 0.3) is 7.75 Å². The van der Waals surface area contributed by atoms with Crippen LogP contribution in [-0.4, -0.2) is 21.6 Å². The Hall–Kier alpha value is -0.720. The van der Waals surface area contributed by atoms with Crippen molar-refractivity contribution in [1.82, 2.24) is 0 Å². The van der Waals surface area contributed by atoms with Crippen LogP contribution in [0.2, 0.25) is 0 Å². The maximum Gasteiger partial charge on any atom is 0.253 e. The number of sulfonamides is 1. The van der Waals surface area contributed by atoms with E-state index in [0.29, 0.717) is 12.8 Å². The summed E-state index contributed by atoms with van der Waals surface area (Å²) in [6.45, 7) is 4.61. The number of rotatable bonds is 17. The van der Waals surface area contributed by atoms with Crippen LogP contribution >= 0.6 is 7.75 Å². The molecule has 0 saturated heterocycles. The molecular weight excluding hydrogens is 397 g/mol. The summed E-state index contributed by atoms with van der Waals surface area (Å²) in [5.74, 6) is 0. The molecule has 0 heterocycles. The molecule has 0 amide bonds. The second-order valence-corrected chi connectivity index (χ2v) is 10.4. The van der Waals surface area contributed by atoms with E-state index < -0.39 is 17.8 Å². The fourth-order valence-electron chi connectivity index (χ4n) is 2.63. The Balaban J connectivity index is 2.64. The summed E-state index contributed by atoms with van der Waals surface area (Å²) in [5, 5.41) is 0. The molecule has 0 aliphatic rings. The van der Waals surface area contributed by atoms with Gasteiger partial charge in [0, 0.05) is 4.90 Å². The van der Waals surface area contributed by atoms with Gasteiger partial charge in [-0.3, -0.25) is 4.57 Å². The summed E-state index contributed by atoms with van der Waals surface area (Å²) in [4.78, 5) is -0.0201. The molecule has 0 aliphatic carbocycles. The molecule has 6 nitrogen and oxygen atoms in total. The highest BCUT2D eigenvalue weighted by Crippen LogP contribution is 2.57. The summed E-state index contributed by atoms with van der Waals surface area (Å²) in [6.07, 6.45) is 9.96. The van der Waals surface area contributed by atoms with Crippen LogP contribution in [0.25, 0.3) is 4.49 Å². The third kappa shape index (κ3) is 10.7. The van der Waals surface area contributed by atoms with Gasteiger partial charge in [0.1, 0.15) is 10.0 Å². The molecular formula is C20H35NO5PS-. The molecule has 0 spiro atoms. The molecule has 0 atom stereocenters. The Morgan fingerprint density at radius 1 is 0.786 bits per heavy atom. The van der Waals surface area contributed by atoms with Crippen molar-refractivity contribution in [3.05, 3.63) is 34.8 Å². The predicted molar refractivity (Wildman–Crippen MR) is 114 cm³/mol. The number of hydrogen-bond donors (Lipinski definition) is 0. The molecule has 1 aromatic carbocycles. The van der Waals surface area contributed by atoms with Crippen molar-refractivity contribution in [2.75, 3.05) is 13.2 Å². The molecule has 0 fully saturated rings. The molecule has 0 aliphatic heterocycles. The van der Waals surface area contributed by atoms with E-state index in [1.807, 2.05) is 0 Å². The maximum absolute atomic E-state index is 13.0. The van der Waals surface area contributed by atoms with E-state index >= 15 is 0 Å². The molecule has 1 rings (SSSR count). The van der Waals surface area contributed by atoms with Gasteiger partial charge in [-0.1, -0.05) is 83.4 Å². The van der Waals surface area contributed by atoms with Crippen LogP contribution < -0.4 is 0 Å². The van der Waals surface area contributed by atoms with Gasteiger partial charge in [-0.15, -0.1) is 0 Å². The Labute approximate surface area is 171 Å². The summed E-state index contributed by atoms with van der Waals surface area (Å²) in [6, 6.07) is 7.72. The summed E-state index contributed by atoms with van der Waals surface area (Å²) in [7, 11) is -8.19. The molecule has 0 N–H and O–H groups in total. The smallest absolute Gasteiger partial charge is 0.253 e. The van der Waals surface area contributed by atoms with Gasteiger partial charge in [-0.25, -0.2) is 8.42 Å². The van der Waals surface area contributed by atoms with E-state index in [1.165, 1.54) is 12.1 Å². The molecule has 0 unspecified atom stereocenters. The zero-order chi connectivity index (χ0) is 20.7. The van der Waals surface area contributed by atoms with Crippen LogP contribution in [0, 0.1) is 0 Å². The normalized spacial score (nSPS) is 12.4. The first-order valence-corrected chi connectivity index (χ1v) is 13.3. The highest BCUT2D eigenvalue weighted by Gasteiger charge is 2.19. The van der Waals surface area contributed by atoms with Crippen LogP contribution in [0.1, 0.15) is 78.1 Å². The van der Waals surface area contributed by atoms with Crippen LogP contribution in [0.4, 0.5) is 0 Å². The van der Waals surface area contributed by atoms with Gasteiger partial charge in [-0.2, -0.15) is 0 Å². The Bertz CT molecular complexity index is 646. The molecule has 162 valence electrons. The average molecular weight is 433 g/mol. The third-order valence-electron chi connectivity index (χ3n) is 4.25. The number of nitrogens with zero attached hydrogens (tertiary/aromatic N) is 1. The van der Waals surface area contributed by atoms with Crippen LogP contribution in [0.5, 0.6) is 0 Å². The van der Waals surface area contributed by atoms with Crippen LogP contribution in [-0.2, 0) is 23.6 Å². The van der Waals surface area contributed by atoms with Crippen molar-refractivity contribution in [3.63, 3.8) is 0 Å². The van der Waals surface area contributed by atoms with Crippen molar-refractivity contribution in [2.45, 2.75) is 83.0 Å². The first-order chi connectivity index (χ1) is 13.4. The molecule has 0 bridgehead atoms. The standard InChI is InChI=1S/C20H35NO5PS/c1-3-5-7-9-14-18-25-27(22,26-19-15-10-8-6-4-2)21-28(23,24)20-16-12-11-13-17-20/h11-13,16-17H,3-10,14-15,18-19H2,1-2H3/q-1. The lowest BCUT2D eigenvalue weighted by Gasteiger charge is -2.30. The number of unbranched alkanes of at least 4 members (excludes halogenated alkanes) is 8. The van der Waals surface area contributed by atoms with Gasteiger partial charge < -0.3 is 13.5 Å². The third-order valence-corrected chi connectivity index (χ3v) is 7.80. The first kappa shape index (κ1) is 25.3. The first-order valence-electron chi connectivity index (χ1n) is 10.4. The van der Waals surface area contributed by atoms with Gasteiger partial charge in [0.15, 0.2) is 0 Å². The predicted octanol–water partition coefficient (Wildman–Crippen LogP) is 6.83. The number of benzene rings is 1. The molecule has 28 heavy (non-hydrogen) atoms. The Morgan fingerprint density at radius 3 is 1.71 bits per heavy atom. The van der Waals surface area contributed by atoms with Gasteiger partial charge >= 0.3 is 0 Å². The molecule has 0 radical (unpaired) electrons. The fourth-order valence-corrected chi connectivity index (χ4v) is 5.73. The maximum atomic E-state index is 13.0. The summed E-state index contributed by atoms with van der Waals surface area (Å²) >= 11 is 0. The Morgan fingerprint density at radius 2 is 1.25 bits per heavy atom. The van der Waals surface area contributed by atoms with Crippen molar-refractivity contribution in [2.24, 2.45) is 0 Å². The topological polar surface area (TPSA) is 83.8 Å². The Kier molecular flexibility index (Phi) is 12.9. The second kappa shape index (κ2) is 14.3. The van der Waals surface area contributed by atoms with E-state index in [4.69, 9.17) is 9.05 Å². The zero-order valence-electron chi connectivity index (χ0n) is 17.2. The minimum atomic E-state index is -4.11. The van der Waals surface area contributed by atoms with Gasteiger partial charge in [0.05, 0.1) is 13.2 Å². The minimum Gasteiger partial charge on any atom is -0.438 e. The average Bonchev–Trinajstić information content (AvgIpc) is 2.68. The van der Waals surface area contributed by atoms with Gasteiger partial charge in [-0.05, 0) is 25.0 Å². The molecule has 0 saturated carbocycles. The lowest BCUT2D eigenvalue weighted by atomic mass is 10.2. The minimum absolute atomic E-state index is 0.0201. The summed E-state index contributed by atoms with van der Waals surface area (Å²) < 4.78 is 52.3. The number of hydrogen-bond acceptors (Lipinski definition) is 5. The van der Waals surface area contributed by atoms with Crippen LogP contribution in [0.15, 0.2) is 35.2 Å². The van der Waals surface area contributed by atoms with E-state index in [9.17, 15) is 13.0 Å². The van der Waals surface area contributed by atoms with E-state index in [1.54, 1.807) is 18.2 Å². The van der Waals surface area contributed by atoms with E-state index in [2.05, 4.69) is 18.3 Å². The van der Waals surface area contributed by atoms with Crippen molar-refractivity contribution < 1.29 is 22.0 Å². The van der Waals surface area contributed by atoms with Gasteiger partial charge in [0.2, 0.25) is 0 Å². The molecule has 0 aromatic heterocycles. The van der Waals surface area contributed by atoms with Crippen molar-refractivity contribution >= 4 is 17.8 Å². The zero-order valence-corrected chi connectivity index (χ0v) is 18.9.